The third-order valence-corrected chi connectivity index (χ3v) is 5.27. The topological polar surface area (TPSA) is 69.6 Å². The summed E-state index contributed by atoms with van der Waals surface area (Å²) in [5.41, 5.74) is 2.59. The van der Waals surface area contributed by atoms with Crippen molar-refractivity contribution >= 4 is 17.6 Å². The maximum atomic E-state index is 12.6. The number of anilines is 1. The molecular weight excluding hydrogens is 292 g/mol. The zero-order valence-corrected chi connectivity index (χ0v) is 12.9. The molecule has 1 aromatic carbocycles. The number of allylic oxidation sites excluding steroid dienone is 2. The number of benzene rings is 1. The lowest BCUT2D eigenvalue weighted by Gasteiger charge is -2.35. The molecule has 0 saturated carbocycles. The summed E-state index contributed by atoms with van der Waals surface area (Å²) in [5, 5.41) is 12.6. The van der Waals surface area contributed by atoms with Crippen molar-refractivity contribution in [2.75, 3.05) is 18.4 Å². The van der Waals surface area contributed by atoms with E-state index < -0.39 is 12.0 Å². The molecule has 0 aromatic heterocycles. The average Bonchev–Trinajstić information content (AvgIpc) is 3.24. The molecule has 23 heavy (non-hydrogen) atoms. The van der Waals surface area contributed by atoms with Crippen LogP contribution in [0.1, 0.15) is 41.1 Å². The zero-order valence-electron chi connectivity index (χ0n) is 12.9. The van der Waals surface area contributed by atoms with Gasteiger partial charge in [0.15, 0.2) is 0 Å². The van der Waals surface area contributed by atoms with Gasteiger partial charge in [0, 0.05) is 36.2 Å². The third kappa shape index (κ3) is 2.31. The Labute approximate surface area is 135 Å². The van der Waals surface area contributed by atoms with Crippen LogP contribution < -0.4 is 5.32 Å². The molecule has 3 aliphatic rings. The fourth-order valence-corrected chi connectivity index (χ4v) is 4.07. The first-order valence-corrected chi connectivity index (χ1v) is 8.24. The summed E-state index contributed by atoms with van der Waals surface area (Å²) < 4.78 is 0. The second kappa shape index (κ2) is 5.41. The number of carbonyl (C=O) groups excluding carboxylic acids is 1. The number of amides is 1. The molecule has 3 atom stereocenters. The van der Waals surface area contributed by atoms with Crippen molar-refractivity contribution < 1.29 is 14.7 Å². The van der Waals surface area contributed by atoms with Crippen LogP contribution in [0, 0.1) is 5.92 Å². The summed E-state index contributed by atoms with van der Waals surface area (Å²) >= 11 is 0. The number of aliphatic carboxylic acids is 1. The van der Waals surface area contributed by atoms with Crippen LogP contribution in [0.5, 0.6) is 0 Å². The van der Waals surface area contributed by atoms with E-state index in [0.717, 1.165) is 43.6 Å². The highest BCUT2D eigenvalue weighted by molar-refractivity contribution is 5.95. The standard InChI is InChI=1S/C18H20N2O3/c21-17(20-8-1-2-9-20)11-6-7-15-14(10-11)12-4-3-5-13(12)16(19-15)18(22)23/h3-4,6-7,10,12-13,16,19H,1-2,5,8-9H2,(H,22,23). The van der Waals surface area contributed by atoms with Gasteiger partial charge in [0.2, 0.25) is 0 Å². The van der Waals surface area contributed by atoms with Crippen LogP contribution in [-0.2, 0) is 4.79 Å². The SMILES string of the molecule is O=C(O)C1Nc2ccc(C(=O)N3CCCC3)cc2C2C=CCC12. The highest BCUT2D eigenvalue weighted by Gasteiger charge is 2.41. The molecule has 2 heterocycles. The molecule has 1 aliphatic carbocycles. The number of hydrogen-bond acceptors (Lipinski definition) is 3. The molecule has 120 valence electrons. The van der Waals surface area contributed by atoms with Crippen molar-refractivity contribution in [2.45, 2.75) is 31.2 Å². The van der Waals surface area contributed by atoms with E-state index in [9.17, 15) is 14.7 Å². The third-order valence-electron chi connectivity index (χ3n) is 5.27. The Kier molecular flexibility index (Phi) is 3.36. The predicted octanol–water partition coefficient (Wildman–Crippen LogP) is 2.46. The first kappa shape index (κ1) is 14.3. The Bertz CT molecular complexity index is 692. The van der Waals surface area contributed by atoms with E-state index in [2.05, 4.69) is 17.5 Å². The fourth-order valence-electron chi connectivity index (χ4n) is 4.07. The van der Waals surface area contributed by atoms with Gasteiger partial charge < -0.3 is 15.3 Å². The number of carbonyl (C=O) groups is 2. The second-order valence-corrected chi connectivity index (χ2v) is 6.62. The molecule has 5 heteroatoms. The summed E-state index contributed by atoms with van der Waals surface area (Å²) in [4.78, 5) is 26.0. The molecule has 0 spiro atoms. The minimum Gasteiger partial charge on any atom is -0.480 e. The Morgan fingerprint density at radius 2 is 2.00 bits per heavy atom. The van der Waals surface area contributed by atoms with E-state index in [0.29, 0.717) is 5.56 Å². The molecule has 3 unspecified atom stereocenters. The van der Waals surface area contributed by atoms with Gasteiger partial charge >= 0.3 is 5.97 Å². The number of likely N-dealkylation sites (tertiary alicyclic amines) is 1. The van der Waals surface area contributed by atoms with Gasteiger partial charge in [0.1, 0.15) is 6.04 Å². The number of carboxylic acids is 1. The molecule has 1 saturated heterocycles. The van der Waals surface area contributed by atoms with E-state index in [1.165, 1.54) is 0 Å². The molecule has 1 aromatic rings. The lowest BCUT2D eigenvalue weighted by Crippen LogP contribution is -2.42. The van der Waals surface area contributed by atoms with Gasteiger partial charge in [-0.1, -0.05) is 12.2 Å². The molecule has 5 nitrogen and oxygen atoms in total. The number of carboxylic acid groups (broad SMARTS) is 1. The quantitative estimate of drug-likeness (QED) is 0.823. The van der Waals surface area contributed by atoms with Gasteiger partial charge in [-0.05, 0) is 43.0 Å². The summed E-state index contributed by atoms with van der Waals surface area (Å²) in [6.07, 6.45) is 7.05. The van der Waals surface area contributed by atoms with E-state index in [4.69, 9.17) is 0 Å². The molecule has 2 aliphatic heterocycles. The molecular formula is C18H20N2O3. The Hall–Kier alpha value is -2.30. The number of fused-ring (bicyclic) bond motifs is 3. The van der Waals surface area contributed by atoms with E-state index in [-0.39, 0.29) is 17.7 Å². The number of nitrogens with zero attached hydrogens (tertiary/aromatic N) is 1. The van der Waals surface area contributed by atoms with Crippen molar-refractivity contribution in [3.63, 3.8) is 0 Å². The van der Waals surface area contributed by atoms with Crippen molar-refractivity contribution in [3.05, 3.63) is 41.5 Å². The van der Waals surface area contributed by atoms with Crippen molar-refractivity contribution in [1.82, 2.24) is 4.90 Å². The van der Waals surface area contributed by atoms with Gasteiger partial charge in [-0.15, -0.1) is 0 Å². The Morgan fingerprint density at radius 3 is 2.74 bits per heavy atom. The maximum absolute atomic E-state index is 12.6. The van der Waals surface area contributed by atoms with Gasteiger partial charge in [-0.3, -0.25) is 4.79 Å². The van der Waals surface area contributed by atoms with Crippen LogP contribution in [0.2, 0.25) is 0 Å². The van der Waals surface area contributed by atoms with Crippen LogP contribution in [0.4, 0.5) is 5.69 Å². The van der Waals surface area contributed by atoms with E-state index in [1.54, 1.807) is 0 Å². The fraction of sp³-hybridized carbons (Fsp3) is 0.444. The molecule has 0 radical (unpaired) electrons. The smallest absolute Gasteiger partial charge is 0.326 e. The maximum Gasteiger partial charge on any atom is 0.326 e. The summed E-state index contributed by atoms with van der Waals surface area (Å²) in [6, 6.07) is 5.05. The summed E-state index contributed by atoms with van der Waals surface area (Å²) in [7, 11) is 0. The second-order valence-electron chi connectivity index (χ2n) is 6.62. The number of rotatable bonds is 2. The molecule has 4 rings (SSSR count). The van der Waals surface area contributed by atoms with Crippen LogP contribution in [0.3, 0.4) is 0 Å². The van der Waals surface area contributed by atoms with E-state index in [1.807, 2.05) is 23.1 Å². The normalized spacial score (nSPS) is 28.2. The minimum absolute atomic E-state index is 0.0251. The van der Waals surface area contributed by atoms with E-state index >= 15 is 0 Å². The van der Waals surface area contributed by atoms with Crippen molar-refractivity contribution in [1.29, 1.82) is 0 Å². The number of hydrogen-bond donors (Lipinski definition) is 2. The lowest BCUT2D eigenvalue weighted by molar-refractivity contribution is -0.139. The average molecular weight is 312 g/mol. The first-order valence-electron chi connectivity index (χ1n) is 8.24. The minimum atomic E-state index is -0.813. The Morgan fingerprint density at radius 1 is 1.22 bits per heavy atom. The number of nitrogens with one attached hydrogen (secondary N) is 1. The van der Waals surface area contributed by atoms with Crippen LogP contribution in [0.15, 0.2) is 30.4 Å². The largest absolute Gasteiger partial charge is 0.480 e. The summed E-state index contributed by atoms with van der Waals surface area (Å²) in [6.45, 7) is 1.67. The molecule has 1 fully saturated rings. The zero-order chi connectivity index (χ0) is 16.0. The van der Waals surface area contributed by atoms with Gasteiger partial charge in [-0.2, -0.15) is 0 Å². The first-order chi connectivity index (χ1) is 11.1. The highest BCUT2D eigenvalue weighted by atomic mass is 16.4. The summed E-state index contributed by atoms with van der Waals surface area (Å²) in [5.74, 6) is -0.619. The van der Waals surface area contributed by atoms with Crippen LogP contribution >= 0.6 is 0 Å². The van der Waals surface area contributed by atoms with Crippen molar-refractivity contribution in [2.24, 2.45) is 5.92 Å². The molecule has 2 N–H and O–H groups in total. The lowest BCUT2D eigenvalue weighted by atomic mass is 9.79. The molecule has 0 bridgehead atoms. The Balaban J connectivity index is 1.69. The highest BCUT2D eigenvalue weighted by Crippen LogP contribution is 2.44. The van der Waals surface area contributed by atoms with Gasteiger partial charge in [0.05, 0.1) is 0 Å². The van der Waals surface area contributed by atoms with Gasteiger partial charge in [-0.25, -0.2) is 4.79 Å². The monoisotopic (exact) mass is 312 g/mol. The van der Waals surface area contributed by atoms with Crippen LogP contribution in [0.25, 0.3) is 0 Å². The van der Waals surface area contributed by atoms with Crippen LogP contribution in [-0.4, -0.2) is 41.0 Å². The van der Waals surface area contributed by atoms with Crippen molar-refractivity contribution in [3.8, 4) is 0 Å². The van der Waals surface area contributed by atoms with Gasteiger partial charge in [0.25, 0.3) is 5.91 Å². The predicted molar refractivity (Wildman–Crippen MR) is 86.6 cm³/mol. The molecule has 1 amide bonds.